The normalized spacial score (nSPS) is 24.7. The van der Waals surface area contributed by atoms with E-state index >= 15 is 0 Å². The Balaban J connectivity index is 2.19. The van der Waals surface area contributed by atoms with Crippen LogP contribution in [0.3, 0.4) is 0 Å². The molecule has 1 rings (SSSR count). The predicted octanol–water partition coefficient (Wildman–Crippen LogP) is 1.93. The van der Waals surface area contributed by atoms with Crippen molar-refractivity contribution in [3.8, 4) is 0 Å². The molecule has 0 saturated heterocycles. The molecule has 0 aromatic carbocycles. The standard InChI is InChI=1S/C15H30N2O2/c1-11(2)7-8-17-15(18)12(3)19-10-14-6-4-5-13(14)9-16/h11-14H,4-10,16H2,1-3H3,(H,17,18). The first-order valence-electron chi connectivity index (χ1n) is 7.64. The molecule has 1 fully saturated rings. The van der Waals surface area contributed by atoms with Crippen molar-refractivity contribution in [2.45, 2.75) is 52.6 Å². The van der Waals surface area contributed by atoms with Gasteiger partial charge in [0.15, 0.2) is 0 Å². The number of nitrogens with two attached hydrogens (primary N) is 1. The minimum absolute atomic E-state index is 0.00273. The molecule has 1 aliphatic rings. The molecule has 3 unspecified atom stereocenters. The summed E-state index contributed by atoms with van der Waals surface area (Å²) < 4.78 is 5.71. The van der Waals surface area contributed by atoms with Crippen LogP contribution in [-0.2, 0) is 9.53 Å². The fourth-order valence-corrected chi connectivity index (χ4v) is 2.61. The van der Waals surface area contributed by atoms with E-state index in [2.05, 4.69) is 19.2 Å². The zero-order valence-electron chi connectivity index (χ0n) is 12.7. The molecule has 0 bridgehead atoms. The molecule has 0 radical (unpaired) electrons. The third kappa shape index (κ3) is 5.91. The summed E-state index contributed by atoms with van der Waals surface area (Å²) in [7, 11) is 0. The van der Waals surface area contributed by atoms with Crippen molar-refractivity contribution in [3.63, 3.8) is 0 Å². The quantitative estimate of drug-likeness (QED) is 0.708. The largest absolute Gasteiger partial charge is 0.368 e. The Kier molecular flexibility index (Phi) is 7.39. The molecule has 1 amide bonds. The zero-order chi connectivity index (χ0) is 14.3. The van der Waals surface area contributed by atoms with E-state index in [-0.39, 0.29) is 12.0 Å². The molecule has 112 valence electrons. The number of ether oxygens (including phenoxy) is 1. The van der Waals surface area contributed by atoms with E-state index in [9.17, 15) is 4.79 Å². The van der Waals surface area contributed by atoms with Gasteiger partial charge < -0.3 is 15.8 Å². The van der Waals surface area contributed by atoms with Gasteiger partial charge in [0.1, 0.15) is 6.10 Å². The maximum absolute atomic E-state index is 11.8. The first-order valence-corrected chi connectivity index (χ1v) is 7.64. The number of amides is 1. The molecule has 1 saturated carbocycles. The maximum atomic E-state index is 11.8. The summed E-state index contributed by atoms with van der Waals surface area (Å²) in [6.07, 6.45) is 4.29. The van der Waals surface area contributed by atoms with Crippen molar-refractivity contribution < 1.29 is 9.53 Å². The highest BCUT2D eigenvalue weighted by atomic mass is 16.5. The van der Waals surface area contributed by atoms with E-state index in [0.29, 0.717) is 24.4 Å². The van der Waals surface area contributed by atoms with Gasteiger partial charge in [0.05, 0.1) is 6.61 Å². The molecule has 4 heteroatoms. The van der Waals surface area contributed by atoms with Crippen molar-refractivity contribution in [2.75, 3.05) is 19.7 Å². The number of rotatable bonds is 8. The Morgan fingerprint density at radius 3 is 2.63 bits per heavy atom. The lowest BCUT2D eigenvalue weighted by atomic mass is 9.97. The van der Waals surface area contributed by atoms with Gasteiger partial charge in [-0.2, -0.15) is 0 Å². The highest BCUT2D eigenvalue weighted by molar-refractivity contribution is 5.80. The van der Waals surface area contributed by atoms with Crippen LogP contribution in [-0.4, -0.2) is 31.7 Å². The Bertz CT molecular complexity index is 269. The average Bonchev–Trinajstić information content (AvgIpc) is 2.82. The van der Waals surface area contributed by atoms with Crippen LogP contribution in [0.1, 0.15) is 46.5 Å². The summed E-state index contributed by atoms with van der Waals surface area (Å²) in [4.78, 5) is 11.8. The van der Waals surface area contributed by atoms with Crippen molar-refractivity contribution >= 4 is 5.91 Å². The molecule has 4 nitrogen and oxygen atoms in total. The SMILES string of the molecule is CC(C)CCNC(=O)C(C)OCC1CCCC1CN. The lowest BCUT2D eigenvalue weighted by molar-refractivity contribution is -0.132. The summed E-state index contributed by atoms with van der Waals surface area (Å²) in [5, 5.41) is 2.93. The lowest BCUT2D eigenvalue weighted by Gasteiger charge is -2.20. The molecule has 3 atom stereocenters. The van der Waals surface area contributed by atoms with Crippen LogP contribution in [0.25, 0.3) is 0 Å². The topological polar surface area (TPSA) is 64.3 Å². The van der Waals surface area contributed by atoms with Gasteiger partial charge in [-0.25, -0.2) is 0 Å². The molecular weight excluding hydrogens is 240 g/mol. The van der Waals surface area contributed by atoms with Gasteiger partial charge in [-0.1, -0.05) is 20.3 Å². The number of hydrogen-bond acceptors (Lipinski definition) is 3. The van der Waals surface area contributed by atoms with Gasteiger partial charge in [-0.15, -0.1) is 0 Å². The second-order valence-corrected chi connectivity index (χ2v) is 6.14. The fraction of sp³-hybridized carbons (Fsp3) is 0.933. The van der Waals surface area contributed by atoms with E-state index in [4.69, 9.17) is 10.5 Å². The Morgan fingerprint density at radius 2 is 2.00 bits per heavy atom. The molecule has 0 heterocycles. The average molecular weight is 270 g/mol. The van der Waals surface area contributed by atoms with E-state index in [1.807, 2.05) is 6.92 Å². The Labute approximate surface area is 117 Å². The molecule has 0 aromatic rings. The summed E-state index contributed by atoms with van der Waals surface area (Å²) in [5.41, 5.74) is 5.75. The van der Waals surface area contributed by atoms with Gasteiger partial charge in [0.25, 0.3) is 0 Å². The monoisotopic (exact) mass is 270 g/mol. The molecular formula is C15H30N2O2. The van der Waals surface area contributed by atoms with Crippen LogP contribution in [0.4, 0.5) is 0 Å². The molecule has 3 N–H and O–H groups in total. The van der Waals surface area contributed by atoms with Crippen LogP contribution in [0.15, 0.2) is 0 Å². The van der Waals surface area contributed by atoms with Gasteiger partial charge in [0.2, 0.25) is 5.91 Å². The predicted molar refractivity (Wildman–Crippen MR) is 77.8 cm³/mol. The molecule has 0 aromatic heterocycles. The van der Waals surface area contributed by atoms with Crippen molar-refractivity contribution in [3.05, 3.63) is 0 Å². The molecule has 0 aliphatic heterocycles. The van der Waals surface area contributed by atoms with E-state index in [1.54, 1.807) is 0 Å². The van der Waals surface area contributed by atoms with Gasteiger partial charge in [-0.3, -0.25) is 4.79 Å². The lowest BCUT2D eigenvalue weighted by Crippen LogP contribution is -2.36. The third-order valence-electron chi connectivity index (χ3n) is 4.07. The van der Waals surface area contributed by atoms with Crippen molar-refractivity contribution in [1.29, 1.82) is 0 Å². The van der Waals surface area contributed by atoms with Crippen molar-refractivity contribution in [1.82, 2.24) is 5.32 Å². The van der Waals surface area contributed by atoms with E-state index in [1.165, 1.54) is 19.3 Å². The summed E-state index contributed by atoms with van der Waals surface area (Å²) in [6.45, 7) is 8.28. The van der Waals surface area contributed by atoms with Crippen molar-refractivity contribution in [2.24, 2.45) is 23.5 Å². The minimum Gasteiger partial charge on any atom is -0.368 e. The number of carbonyl (C=O) groups is 1. The summed E-state index contributed by atoms with van der Waals surface area (Å²) >= 11 is 0. The third-order valence-corrected chi connectivity index (χ3v) is 4.07. The highest BCUT2D eigenvalue weighted by Crippen LogP contribution is 2.31. The summed E-state index contributed by atoms with van der Waals surface area (Å²) in [6, 6.07) is 0. The number of carbonyl (C=O) groups excluding carboxylic acids is 1. The summed E-state index contributed by atoms with van der Waals surface area (Å²) in [5.74, 6) is 1.73. The molecule has 0 spiro atoms. The first kappa shape index (κ1) is 16.4. The van der Waals surface area contributed by atoms with Gasteiger partial charge in [-0.05, 0) is 50.5 Å². The highest BCUT2D eigenvalue weighted by Gasteiger charge is 2.27. The second-order valence-electron chi connectivity index (χ2n) is 6.14. The molecule has 19 heavy (non-hydrogen) atoms. The number of nitrogens with one attached hydrogen (secondary N) is 1. The van der Waals surface area contributed by atoms with Crippen LogP contribution < -0.4 is 11.1 Å². The maximum Gasteiger partial charge on any atom is 0.248 e. The van der Waals surface area contributed by atoms with Crippen LogP contribution in [0, 0.1) is 17.8 Å². The Morgan fingerprint density at radius 1 is 1.32 bits per heavy atom. The minimum atomic E-state index is -0.355. The van der Waals surface area contributed by atoms with Crippen LogP contribution in [0.2, 0.25) is 0 Å². The van der Waals surface area contributed by atoms with Gasteiger partial charge >= 0.3 is 0 Å². The number of hydrogen-bond donors (Lipinski definition) is 2. The van der Waals surface area contributed by atoms with Crippen LogP contribution >= 0.6 is 0 Å². The van der Waals surface area contributed by atoms with Crippen LogP contribution in [0.5, 0.6) is 0 Å². The first-order chi connectivity index (χ1) is 9.04. The van der Waals surface area contributed by atoms with E-state index in [0.717, 1.165) is 19.5 Å². The van der Waals surface area contributed by atoms with E-state index < -0.39 is 0 Å². The Hall–Kier alpha value is -0.610. The zero-order valence-corrected chi connectivity index (χ0v) is 12.7. The fourth-order valence-electron chi connectivity index (χ4n) is 2.61. The second kappa shape index (κ2) is 8.54. The van der Waals surface area contributed by atoms with Gasteiger partial charge in [0, 0.05) is 6.54 Å². The smallest absolute Gasteiger partial charge is 0.248 e. The molecule has 1 aliphatic carbocycles.